The molecule has 2 N–H and O–H groups in total. The highest BCUT2D eigenvalue weighted by Crippen LogP contribution is 2.34. The highest BCUT2D eigenvalue weighted by atomic mass is 16.3. The number of hydrazone groups is 1. The maximum atomic E-state index is 12.7. The van der Waals surface area contributed by atoms with E-state index in [1.807, 2.05) is 42.2 Å². The van der Waals surface area contributed by atoms with Crippen LogP contribution in [0.15, 0.2) is 60.0 Å². The average molecular weight is 375 g/mol. The van der Waals surface area contributed by atoms with E-state index < -0.39 is 11.8 Å². The number of pyridine rings is 1. The van der Waals surface area contributed by atoms with Crippen molar-refractivity contribution >= 4 is 34.5 Å². The normalized spacial score (nSPS) is 13.6. The molecule has 1 aromatic heterocycles. The van der Waals surface area contributed by atoms with Crippen LogP contribution in [0.4, 0.5) is 5.69 Å². The van der Waals surface area contributed by atoms with Crippen LogP contribution in [-0.4, -0.2) is 41.2 Å². The Bertz CT molecular complexity index is 1080. The number of rotatable bonds is 5. The molecule has 28 heavy (non-hydrogen) atoms. The third kappa shape index (κ3) is 3.01. The molecule has 0 bridgehead atoms. The van der Waals surface area contributed by atoms with Gasteiger partial charge in [0.2, 0.25) is 0 Å². The van der Waals surface area contributed by atoms with Gasteiger partial charge in [0, 0.05) is 39.6 Å². The van der Waals surface area contributed by atoms with Gasteiger partial charge in [-0.1, -0.05) is 12.1 Å². The number of carbonyl (C=O) groups excluding carboxylic acids is 2. The number of aliphatic hydroxyl groups is 1. The number of hydrogen-bond donors (Lipinski definition) is 2. The van der Waals surface area contributed by atoms with Gasteiger partial charge in [0.05, 0.1) is 25.1 Å². The summed E-state index contributed by atoms with van der Waals surface area (Å²) in [5, 5.41) is 14.8. The maximum Gasteiger partial charge on any atom is 0.261 e. The largest absolute Gasteiger partial charge is 0.395 e. The van der Waals surface area contributed by atoms with Crippen LogP contribution in [0.1, 0.15) is 26.3 Å². The second kappa shape index (κ2) is 7.21. The third-order valence-corrected chi connectivity index (χ3v) is 4.72. The molecule has 0 unspecified atom stereocenters. The lowest BCUT2D eigenvalue weighted by atomic mass is 9.93. The molecule has 7 heteroatoms. The van der Waals surface area contributed by atoms with Crippen molar-refractivity contribution in [2.45, 2.75) is 0 Å². The van der Waals surface area contributed by atoms with E-state index in [0.29, 0.717) is 22.2 Å². The van der Waals surface area contributed by atoms with Crippen molar-refractivity contribution in [2.75, 3.05) is 18.6 Å². The first-order chi connectivity index (χ1) is 13.6. The van der Waals surface area contributed by atoms with Crippen LogP contribution in [-0.2, 0) is 7.05 Å². The van der Waals surface area contributed by atoms with Crippen molar-refractivity contribution in [3.63, 3.8) is 0 Å². The van der Waals surface area contributed by atoms with Crippen molar-refractivity contribution in [3.05, 3.63) is 71.5 Å². The first kappa shape index (κ1) is 17.8. The highest BCUT2D eigenvalue weighted by Gasteiger charge is 2.32. The number of nitrogens with zero attached hydrogens (tertiary/aromatic N) is 3. The molecule has 2 heterocycles. The smallest absolute Gasteiger partial charge is 0.261 e. The maximum absolute atomic E-state index is 12.7. The minimum atomic E-state index is -0.394. The van der Waals surface area contributed by atoms with E-state index in [-0.39, 0.29) is 13.2 Å². The molecule has 3 aromatic rings. The summed E-state index contributed by atoms with van der Waals surface area (Å²) in [5.74, 6) is -0.787. The SMILES string of the molecule is C[n+]1ccc(/C=N/Nc2ccc3c4c(cccc24)C(=O)N(CCO)C3=O)cc1. The number of nitrogens with one attached hydrogen (secondary N) is 1. The van der Waals surface area contributed by atoms with E-state index in [2.05, 4.69) is 10.5 Å². The molecule has 7 nitrogen and oxygen atoms in total. The Morgan fingerprint density at radius 3 is 2.50 bits per heavy atom. The van der Waals surface area contributed by atoms with Crippen molar-refractivity contribution in [3.8, 4) is 0 Å². The summed E-state index contributed by atoms with van der Waals surface area (Å²) in [7, 11) is 1.94. The van der Waals surface area contributed by atoms with E-state index >= 15 is 0 Å². The van der Waals surface area contributed by atoms with Crippen LogP contribution in [0, 0.1) is 0 Å². The molecule has 140 valence electrons. The van der Waals surface area contributed by atoms with Gasteiger partial charge in [-0.2, -0.15) is 5.10 Å². The van der Waals surface area contributed by atoms with Crippen LogP contribution in [0.25, 0.3) is 10.8 Å². The lowest BCUT2D eigenvalue weighted by molar-refractivity contribution is -0.671. The number of aromatic nitrogens is 1. The Kier molecular flexibility index (Phi) is 4.58. The van der Waals surface area contributed by atoms with Gasteiger partial charge < -0.3 is 5.11 Å². The summed E-state index contributed by atoms with van der Waals surface area (Å²) < 4.78 is 1.94. The molecular formula is C21H19N4O3+. The lowest BCUT2D eigenvalue weighted by Crippen LogP contribution is -2.41. The molecule has 0 aliphatic carbocycles. The van der Waals surface area contributed by atoms with Crippen molar-refractivity contribution < 1.29 is 19.3 Å². The van der Waals surface area contributed by atoms with E-state index in [9.17, 15) is 14.7 Å². The standard InChI is InChI=1S/C21H18N4O3/c1-24-9-7-14(8-10-24)13-22-23-18-6-5-17-19-15(18)3-2-4-16(19)20(27)25(11-12-26)21(17)28/h2-10,13,26H,11-12H2,1H3/p+1. The van der Waals surface area contributed by atoms with Crippen LogP contribution >= 0.6 is 0 Å². The minimum Gasteiger partial charge on any atom is -0.395 e. The molecule has 4 rings (SSSR count). The second-order valence-corrected chi connectivity index (χ2v) is 6.54. The summed E-state index contributed by atoms with van der Waals surface area (Å²) in [5.41, 5.74) is 5.55. The zero-order valence-electron chi connectivity index (χ0n) is 15.3. The summed E-state index contributed by atoms with van der Waals surface area (Å²) in [6.45, 7) is -0.290. The van der Waals surface area contributed by atoms with Gasteiger partial charge in [-0.05, 0) is 18.2 Å². The third-order valence-electron chi connectivity index (χ3n) is 4.72. The number of imide groups is 1. The van der Waals surface area contributed by atoms with Gasteiger partial charge in [0.25, 0.3) is 11.8 Å². The predicted octanol–water partition coefficient (Wildman–Crippen LogP) is 1.70. The number of hydrogen-bond acceptors (Lipinski definition) is 5. The number of amides is 2. The number of aliphatic hydroxyl groups excluding tert-OH is 1. The van der Waals surface area contributed by atoms with Gasteiger partial charge in [-0.25, -0.2) is 4.57 Å². The highest BCUT2D eigenvalue weighted by molar-refractivity contribution is 6.26. The zero-order chi connectivity index (χ0) is 19.7. The van der Waals surface area contributed by atoms with Gasteiger partial charge in [0.15, 0.2) is 12.4 Å². The lowest BCUT2D eigenvalue weighted by Gasteiger charge is -2.27. The Morgan fingerprint density at radius 1 is 1.07 bits per heavy atom. The predicted molar refractivity (Wildman–Crippen MR) is 105 cm³/mol. The summed E-state index contributed by atoms with van der Waals surface area (Å²) in [6, 6.07) is 12.7. The molecule has 1 aliphatic heterocycles. The zero-order valence-corrected chi connectivity index (χ0v) is 15.3. The van der Waals surface area contributed by atoms with E-state index in [4.69, 9.17) is 0 Å². The molecule has 0 radical (unpaired) electrons. The Morgan fingerprint density at radius 2 is 1.79 bits per heavy atom. The Hall–Kier alpha value is -3.58. The Balaban J connectivity index is 1.71. The molecule has 1 aliphatic rings. The molecule has 0 saturated carbocycles. The molecule has 0 fully saturated rings. The second-order valence-electron chi connectivity index (χ2n) is 6.54. The number of aryl methyl sites for hydroxylation is 1. The fourth-order valence-electron chi connectivity index (χ4n) is 3.32. The van der Waals surface area contributed by atoms with Crippen molar-refractivity contribution in [1.82, 2.24) is 4.90 Å². The topological polar surface area (TPSA) is 85.9 Å². The fourth-order valence-corrected chi connectivity index (χ4v) is 3.32. The van der Waals surface area contributed by atoms with Crippen LogP contribution in [0.2, 0.25) is 0 Å². The fraction of sp³-hybridized carbons (Fsp3) is 0.143. The molecule has 2 amide bonds. The number of anilines is 1. The Labute approximate surface area is 161 Å². The number of carbonyl (C=O) groups is 2. The van der Waals surface area contributed by atoms with Gasteiger partial charge >= 0.3 is 0 Å². The summed E-state index contributed by atoms with van der Waals surface area (Å²) in [4.78, 5) is 26.4. The number of benzene rings is 2. The van der Waals surface area contributed by atoms with Gasteiger partial charge in [-0.3, -0.25) is 19.9 Å². The average Bonchev–Trinajstić information content (AvgIpc) is 2.71. The molecule has 2 aromatic carbocycles. The van der Waals surface area contributed by atoms with Crippen LogP contribution in [0.3, 0.4) is 0 Å². The molecule has 0 spiro atoms. The number of β-amino-alcohol motifs (C(OH)–C–C–N with tert-alkyl or cyclic N) is 1. The first-order valence-corrected chi connectivity index (χ1v) is 8.87. The van der Waals surface area contributed by atoms with Crippen LogP contribution < -0.4 is 9.99 Å². The van der Waals surface area contributed by atoms with E-state index in [1.54, 1.807) is 30.5 Å². The summed E-state index contributed by atoms with van der Waals surface area (Å²) in [6.07, 6.45) is 5.56. The van der Waals surface area contributed by atoms with Crippen molar-refractivity contribution in [2.24, 2.45) is 12.1 Å². The van der Waals surface area contributed by atoms with Crippen molar-refractivity contribution in [1.29, 1.82) is 0 Å². The van der Waals surface area contributed by atoms with Gasteiger partial charge in [-0.15, -0.1) is 0 Å². The van der Waals surface area contributed by atoms with Gasteiger partial charge in [0.1, 0.15) is 7.05 Å². The molecular weight excluding hydrogens is 356 g/mol. The van der Waals surface area contributed by atoms with Crippen LogP contribution in [0.5, 0.6) is 0 Å². The molecule has 0 saturated heterocycles. The summed E-state index contributed by atoms with van der Waals surface area (Å²) >= 11 is 0. The molecule has 0 atom stereocenters. The monoisotopic (exact) mass is 375 g/mol. The van der Waals surface area contributed by atoms with E-state index in [0.717, 1.165) is 15.8 Å². The minimum absolute atomic E-state index is 0.0212. The van der Waals surface area contributed by atoms with E-state index in [1.165, 1.54) is 0 Å². The quantitative estimate of drug-likeness (QED) is 0.308. The first-order valence-electron chi connectivity index (χ1n) is 8.87.